The van der Waals surface area contributed by atoms with Crippen molar-refractivity contribution in [2.24, 2.45) is 0 Å². The Labute approximate surface area is 349 Å². The van der Waals surface area contributed by atoms with Crippen LogP contribution in [0.1, 0.15) is 33.4 Å². The molecule has 2 heterocycles. The van der Waals surface area contributed by atoms with Crippen LogP contribution in [-0.2, 0) is 0 Å². The van der Waals surface area contributed by atoms with Crippen LogP contribution in [0, 0.1) is 41.5 Å². The van der Waals surface area contributed by atoms with Crippen LogP contribution in [0.5, 0.6) is 0 Å². The number of aryl methyl sites for hydroxylation is 6. The Morgan fingerprint density at radius 1 is 0.283 bits per heavy atom. The standard InChI is InChI=1S/C56H44N2O2/c1-33-7-15-41(16-8-33)57(43-19-11-35(3)37(5)27-43)45-21-25-47-39(29-45)13-23-49-51-31-54-52(32-53(51)59-55(47)49)50-24-14-40-30-46(22-26-48(40)56(50)60-54)58(42-17-9-34(2)10-18-42)44-20-12-36(4)38(6)28-44/h7-32H,1-6H3. The minimum Gasteiger partial charge on any atom is -0.455 e. The van der Waals surface area contributed by atoms with Crippen molar-refractivity contribution in [1.29, 1.82) is 0 Å². The SMILES string of the molecule is Cc1ccc(N(c2ccc(C)c(C)c2)c2ccc3c(ccc4c5cc6oc7c8ccc(N(c9ccc(C)cc9)c9ccc(C)c(C)c9)cc8ccc7c6cc5oc34)c2)cc1. The number of fused-ring (bicyclic) bond motifs is 10. The topological polar surface area (TPSA) is 32.8 Å². The zero-order valence-corrected chi connectivity index (χ0v) is 34.7. The number of benzene rings is 9. The Hall–Kier alpha value is -7.30. The molecule has 0 bridgehead atoms. The van der Waals surface area contributed by atoms with E-state index in [0.717, 1.165) is 99.5 Å². The lowest BCUT2D eigenvalue weighted by Crippen LogP contribution is -2.10. The number of furan rings is 2. The monoisotopic (exact) mass is 776 g/mol. The second-order valence-electron chi connectivity index (χ2n) is 16.6. The molecule has 0 saturated heterocycles. The van der Waals surface area contributed by atoms with Gasteiger partial charge in [0.2, 0.25) is 0 Å². The van der Waals surface area contributed by atoms with Gasteiger partial charge in [0.25, 0.3) is 0 Å². The molecular formula is C56H44N2O2. The first-order valence-electron chi connectivity index (χ1n) is 20.7. The molecule has 0 saturated carbocycles. The van der Waals surface area contributed by atoms with Crippen LogP contribution in [0.2, 0.25) is 0 Å². The van der Waals surface area contributed by atoms with Gasteiger partial charge in [-0.1, -0.05) is 59.7 Å². The molecule has 0 aliphatic heterocycles. The Morgan fingerprint density at radius 3 is 1.03 bits per heavy atom. The molecule has 0 N–H and O–H groups in total. The minimum atomic E-state index is 0.853. The van der Waals surface area contributed by atoms with Crippen LogP contribution in [0.3, 0.4) is 0 Å². The average molecular weight is 777 g/mol. The lowest BCUT2D eigenvalue weighted by Gasteiger charge is -2.26. The molecule has 11 rings (SSSR count). The first kappa shape index (κ1) is 35.8. The Balaban J connectivity index is 1.00. The fourth-order valence-corrected chi connectivity index (χ4v) is 8.88. The molecule has 4 heteroatoms. The highest BCUT2D eigenvalue weighted by atomic mass is 16.3. The Morgan fingerprint density at radius 2 is 0.633 bits per heavy atom. The summed E-state index contributed by atoms with van der Waals surface area (Å²) in [5, 5.41) is 8.67. The van der Waals surface area contributed by atoms with Crippen molar-refractivity contribution in [2.75, 3.05) is 9.80 Å². The van der Waals surface area contributed by atoms with E-state index in [1.54, 1.807) is 0 Å². The molecule has 0 aliphatic carbocycles. The molecule has 0 spiro atoms. The van der Waals surface area contributed by atoms with Gasteiger partial charge in [-0.3, -0.25) is 0 Å². The van der Waals surface area contributed by atoms with E-state index in [0.29, 0.717) is 0 Å². The van der Waals surface area contributed by atoms with E-state index in [1.807, 2.05) is 0 Å². The molecule has 9 aromatic carbocycles. The van der Waals surface area contributed by atoms with Crippen molar-refractivity contribution < 1.29 is 8.83 Å². The summed E-state index contributed by atoms with van der Waals surface area (Å²) < 4.78 is 13.6. The van der Waals surface area contributed by atoms with Gasteiger partial charge in [0, 0.05) is 66.4 Å². The third kappa shape index (κ3) is 5.82. The molecule has 0 aliphatic rings. The van der Waals surface area contributed by atoms with E-state index in [4.69, 9.17) is 8.83 Å². The number of hydrogen-bond donors (Lipinski definition) is 0. The second-order valence-corrected chi connectivity index (χ2v) is 16.6. The van der Waals surface area contributed by atoms with Gasteiger partial charge in [0.15, 0.2) is 0 Å². The van der Waals surface area contributed by atoms with Crippen LogP contribution >= 0.6 is 0 Å². The van der Waals surface area contributed by atoms with E-state index in [2.05, 4.69) is 209 Å². The van der Waals surface area contributed by atoms with Gasteiger partial charge in [0.1, 0.15) is 22.3 Å². The third-order valence-electron chi connectivity index (χ3n) is 12.6. The normalized spacial score (nSPS) is 11.8. The highest BCUT2D eigenvalue weighted by molar-refractivity contribution is 6.21. The van der Waals surface area contributed by atoms with Crippen LogP contribution in [0.15, 0.2) is 167 Å². The van der Waals surface area contributed by atoms with Crippen molar-refractivity contribution in [3.8, 4) is 0 Å². The maximum Gasteiger partial charge on any atom is 0.143 e. The zero-order chi connectivity index (χ0) is 40.8. The molecule has 0 atom stereocenters. The first-order chi connectivity index (χ1) is 29.2. The average Bonchev–Trinajstić information content (AvgIpc) is 3.81. The molecule has 4 nitrogen and oxygen atoms in total. The van der Waals surface area contributed by atoms with Crippen molar-refractivity contribution in [2.45, 2.75) is 41.5 Å². The van der Waals surface area contributed by atoms with E-state index in [1.165, 1.54) is 33.4 Å². The fraction of sp³-hybridized carbons (Fsp3) is 0.107. The van der Waals surface area contributed by atoms with Crippen LogP contribution in [0.4, 0.5) is 34.1 Å². The lowest BCUT2D eigenvalue weighted by molar-refractivity contribution is 0.667. The fourth-order valence-electron chi connectivity index (χ4n) is 8.88. The third-order valence-corrected chi connectivity index (χ3v) is 12.6. The van der Waals surface area contributed by atoms with E-state index < -0.39 is 0 Å². The van der Waals surface area contributed by atoms with Crippen LogP contribution < -0.4 is 9.80 Å². The summed E-state index contributed by atoms with van der Waals surface area (Å²) in [6.07, 6.45) is 0. The highest BCUT2D eigenvalue weighted by Crippen LogP contribution is 2.44. The smallest absolute Gasteiger partial charge is 0.143 e. The van der Waals surface area contributed by atoms with Gasteiger partial charge in [0.05, 0.1) is 0 Å². The van der Waals surface area contributed by atoms with E-state index >= 15 is 0 Å². The van der Waals surface area contributed by atoms with Crippen molar-refractivity contribution in [1.82, 2.24) is 0 Å². The second kappa shape index (κ2) is 13.6. The molecule has 60 heavy (non-hydrogen) atoms. The van der Waals surface area contributed by atoms with Gasteiger partial charge in [-0.25, -0.2) is 0 Å². The maximum atomic E-state index is 6.78. The Kier molecular flexibility index (Phi) is 8.15. The molecule has 0 radical (unpaired) electrons. The maximum absolute atomic E-state index is 6.78. The van der Waals surface area contributed by atoms with E-state index in [9.17, 15) is 0 Å². The van der Waals surface area contributed by atoms with Crippen LogP contribution in [0.25, 0.3) is 65.4 Å². The van der Waals surface area contributed by atoms with Gasteiger partial charge in [-0.15, -0.1) is 0 Å². The largest absolute Gasteiger partial charge is 0.455 e. The van der Waals surface area contributed by atoms with Crippen molar-refractivity contribution in [3.05, 3.63) is 191 Å². The summed E-state index contributed by atoms with van der Waals surface area (Å²) in [6.45, 7) is 12.9. The molecule has 290 valence electrons. The number of anilines is 6. The van der Waals surface area contributed by atoms with Gasteiger partial charge >= 0.3 is 0 Å². The van der Waals surface area contributed by atoms with Gasteiger partial charge < -0.3 is 18.6 Å². The van der Waals surface area contributed by atoms with Crippen molar-refractivity contribution >= 4 is 99.5 Å². The summed E-state index contributed by atoms with van der Waals surface area (Å²) in [5.74, 6) is 0. The highest BCUT2D eigenvalue weighted by Gasteiger charge is 2.20. The first-order valence-corrected chi connectivity index (χ1v) is 20.7. The summed E-state index contributed by atoms with van der Waals surface area (Å²) in [4.78, 5) is 4.67. The molecule has 11 aromatic rings. The van der Waals surface area contributed by atoms with Crippen LogP contribution in [-0.4, -0.2) is 0 Å². The number of hydrogen-bond acceptors (Lipinski definition) is 4. The summed E-state index contributed by atoms with van der Waals surface area (Å²) in [7, 11) is 0. The van der Waals surface area contributed by atoms with Gasteiger partial charge in [-0.2, -0.15) is 0 Å². The lowest BCUT2D eigenvalue weighted by atomic mass is 10.0. The van der Waals surface area contributed by atoms with E-state index in [-0.39, 0.29) is 0 Å². The molecule has 0 amide bonds. The number of rotatable bonds is 6. The summed E-state index contributed by atoms with van der Waals surface area (Å²) in [5.41, 5.74) is 17.8. The Bertz CT molecular complexity index is 3260. The number of nitrogens with zero attached hydrogens (tertiary/aromatic N) is 2. The summed E-state index contributed by atoms with van der Waals surface area (Å²) >= 11 is 0. The predicted octanol–water partition coefficient (Wildman–Crippen LogP) is 16.6. The predicted molar refractivity (Wildman–Crippen MR) is 254 cm³/mol. The molecule has 0 unspecified atom stereocenters. The quantitative estimate of drug-likeness (QED) is 0.168. The summed E-state index contributed by atoms with van der Waals surface area (Å²) in [6, 6.07) is 57.4. The van der Waals surface area contributed by atoms with Crippen molar-refractivity contribution in [3.63, 3.8) is 0 Å². The van der Waals surface area contributed by atoms with Gasteiger partial charge in [-0.05, 0) is 184 Å². The molecule has 2 aromatic heterocycles. The molecule has 0 fully saturated rings. The minimum absolute atomic E-state index is 0.853. The molecular weight excluding hydrogens is 733 g/mol. The zero-order valence-electron chi connectivity index (χ0n) is 34.7.